The minimum Gasteiger partial charge on any atom is -0.483 e. The number of anilines is 2. The van der Waals surface area contributed by atoms with Gasteiger partial charge >= 0.3 is 0 Å². The molecule has 0 bridgehead atoms. The van der Waals surface area contributed by atoms with E-state index in [1.807, 2.05) is 48.5 Å². The van der Waals surface area contributed by atoms with E-state index in [2.05, 4.69) is 31.0 Å². The lowest BCUT2D eigenvalue weighted by Gasteiger charge is -2.28. The zero-order chi connectivity index (χ0) is 19.3. The van der Waals surface area contributed by atoms with E-state index in [4.69, 9.17) is 9.47 Å². The highest BCUT2D eigenvalue weighted by Crippen LogP contribution is 2.30. The third kappa shape index (κ3) is 5.23. The normalized spacial score (nSPS) is 14.7. The molecule has 0 aromatic heterocycles. The van der Waals surface area contributed by atoms with Crippen LogP contribution < -0.4 is 15.0 Å². The van der Waals surface area contributed by atoms with Crippen molar-refractivity contribution in [3.8, 4) is 5.75 Å². The van der Waals surface area contributed by atoms with Crippen molar-refractivity contribution in [2.75, 3.05) is 43.1 Å². The van der Waals surface area contributed by atoms with Crippen molar-refractivity contribution in [3.63, 3.8) is 0 Å². The highest BCUT2D eigenvalue weighted by Gasteiger charge is 2.19. The molecule has 5 nitrogen and oxygen atoms in total. The summed E-state index contributed by atoms with van der Waals surface area (Å²) in [5, 5.41) is 2.89. The first-order chi connectivity index (χ1) is 12.9. The molecule has 144 valence electrons. The predicted octanol–water partition coefficient (Wildman–Crippen LogP) is 3.84. The third-order valence-electron chi connectivity index (χ3n) is 4.58. The second-order valence-electron chi connectivity index (χ2n) is 7.73. The zero-order valence-corrected chi connectivity index (χ0v) is 16.3. The Bertz CT molecular complexity index is 760. The van der Waals surface area contributed by atoms with Crippen LogP contribution in [0.4, 0.5) is 11.4 Å². The Labute approximate surface area is 161 Å². The molecule has 3 rings (SSSR count). The molecule has 2 aromatic rings. The van der Waals surface area contributed by atoms with E-state index in [0.717, 1.165) is 49.0 Å². The summed E-state index contributed by atoms with van der Waals surface area (Å²) in [5.74, 6) is 0.584. The van der Waals surface area contributed by atoms with Gasteiger partial charge in [0.15, 0.2) is 6.61 Å². The summed E-state index contributed by atoms with van der Waals surface area (Å²) < 4.78 is 11.2. The van der Waals surface area contributed by atoms with Gasteiger partial charge in [0.2, 0.25) is 0 Å². The predicted molar refractivity (Wildman–Crippen MR) is 109 cm³/mol. The Morgan fingerprint density at radius 1 is 1.07 bits per heavy atom. The number of carbonyl (C=O) groups is 1. The molecule has 2 aromatic carbocycles. The van der Waals surface area contributed by atoms with Crippen molar-refractivity contribution in [2.24, 2.45) is 0 Å². The van der Waals surface area contributed by atoms with Gasteiger partial charge in [-0.15, -0.1) is 0 Å². The first-order valence-electron chi connectivity index (χ1n) is 9.38. The number of amides is 1. The molecular formula is C22H28N2O3. The number of para-hydroxylation sites is 1. The first kappa shape index (κ1) is 19.2. The Balaban J connectivity index is 1.55. The van der Waals surface area contributed by atoms with Gasteiger partial charge in [-0.1, -0.05) is 39.0 Å². The van der Waals surface area contributed by atoms with Gasteiger partial charge in [0.05, 0.1) is 13.2 Å². The lowest BCUT2D eigenvalue weighted by Crippen LogP contribution is -2.36. The number of ether oxygens (including phenoxy) is 2. The summed E-state index contributed by atoms with van der Waals surface area (Å²) in [6, 6.07) is 15.8. The Morgan fingerprint density at radius 2 is 1.74 bits per heavy atom. The topological polar surface area (TPSA) is 50.8 Å². The van der Waals surface area contributed by atoms with Crippen molar-refractivity contribution in [1.29, 1.82) is 0 Å². The van der Waals surface area contributed by atoms with Crippen LogP contribution in [0.3, 0.4) is 0 Å². The molecule has 1 amide bonds. The Kier molecular flexibility index (Phi) is 6.01. The van der Waals surface area contributed by atoms with Crippen LogP contribution >= 0.6 is 0 Å². The quantitative estimate of drug-likeness (QED) is 0.871. The largest absolute Gasteiger partial charge is 0.483 e. The zero-order valence-electron chi connectivity index (χ0n) is 16.3. The first-order valence-corrected chi connectivity index (χ1v) is 9.38. The molecule has 27 heavy (non-hydrogen) atoms. The molecule has 0 radical (unpaired) electrons. The van der Waals surface area contributed by atoms with E-state index in [1.165, 1.54) is 0 Å². The molecule has 5 heteroatoms. The maximum absolute atomic E-state index is 12.3. The van der Waals surface area contributed by atoms with Gasteiger partial charge in [0.1, 0.15) is 5.75 Å². The van der Waals surface area contributed by atoms with E-state index in [9.17, 15) is 4.79 Å². The second kappa shape index (κ2) is 8.44. The molecule has 1 fully saturated rings. The standard InChI is InChI=1S/C22H28N2O3/c1-22(2,3)19-6-4-5-7-20(19)27-16-21(25)23-17-8-10-18(11-9-17)24-12-14-26-15-13-24/h4-11H,12-16H2,1-3H3,(H,23,25). The summed E-state index contributed by atoms with van der Waals surface area (Å²) in [4.78, 5) is 14.5. The molecular weight excluding hydrogens is 340 g/mol. The van der Waals surface area contributed by atoms with Crippen LogP contribution in [0.15, 0.2) is 48.5 Å². The maximum atomic E-state index is 12.3. The molecule has 1 saturated heterocycles. The Morgan fingerprint density at radius 3 is 2.41 bits per heavy atom. The minimum atomic E-state index is -0.169. The highest BCUT2D eigenvalue weighted by atomic mass is 16.5. The fraction of sp³-hybridized carbons (Fsp3) is 0.409. The third-order valence-corrected chi connectivity index (χ3v) is 4.58. The summed E-state index contributed by atoms with van der Waals surface area (Å²) in [6.45, 7) is 9.68. The van der Waals surface area contributed by atoms with E-state index in [1.54, 1.807) is 0 Å². The fourth-order valence-electron chi connectivity index (χ4n) is 3.13. The lowest BCUT2D eigenvalue weighted by molar-refractivity contribution is -0.118. The van der Waals surface area contributed by atoms with Crippen molar-refractivity contribution in [2.45, 2.75) is 26.2 Å². The van der Waals surface area contributed by atoms with Crippen LogP contribution in [0, 0.1) is 0 Å². The maximum Gasteiger partial charge on any atom is 0.262 e. The summed E-state index contributed by atoms with van der Waals surface area (Å²) in [5.41, 5.74) is 2.96. The van der Waals surface area contributed by atoms with Gasteiger partial charge in [-0.25, -0.2) is 0 Å². The number of nitrogens with zero attached hydrogens (tertiary/aromatic N) is 1. The van der Waals surface area contributed by atoms with E-state index in [-0.39, 0.29) is 17.9 Å². The van der Waals surface area contributed by atoms with E-state index in [0.29, 0.717) is 0 Å². The van der Waals surface area contributed by atoms with Gasteiger partial charge < -0.3 is 19.7 Å². The Hall–Kier alpha value is -2.53. The lowest BCUT2D eigenvalue weighted by atomic mass is 9.86. The number of hydrogen-bond donors (Lipinski definition) is 1. The van der Waals surface area contributed by atoms with Crippen LogP contribution in [0.2, 0.25) is 0 Å². The van der Waals surface area contributed by atoms with Crippen LogP contribution in [0.25, 0.3) is 0 Å². The molecule has 0 atom stereocenters. The summed E-state index contributed by atoms with van der Waals surface area (Å²) in [6.07, 6.45) is 0. The minimum absolute atomic E-state index is 0.0156. The number of benzene rings is 2. The molecule has 1 aliphatic rings. The van der Waals surface area contributed by atoms with Crippen molar-refractivity contribution in [3.05, 3.63) is 54.1 Å². The van der Waals surface area contributed by atoms with Gasteiger partial charge in [0, 0.05) is 24.5 Å². The molecule has 1 aliphatic heterocycles. The van der Waals surface area contributed by atoms with Crippen LogP contribution in [0.1, 0.15) is 26.3 Å². The number of carbonyl (C=O) groups excluding carboxylic acids is 1. The second-order valence-corrected chi connectivity index (χ2v) is 7.73. The molecule has 0 spiro atoms. The van der Waals surface area contributed by atoms with Crippen LogP contribution in [-0.4, -0.2) is 38.8 Å². The van der Waals surface area contributed by atoms with Gasteiger partial charge in [-0.2, -0.15) is 0 Å². The highest BCUT2D eigenvalue weighted by molar-refractivity contribution is 5.92. The molecule has 1 N–H and O–H groups in total. The number of hydrogen-bond acceptors (Lipinski definition) is 4. The SMILES string of the molecule is CC(C)(C)c1ccccc1OCC(=O)Nc1ccc(N2CCOCC2)cc1. The summed E-state index contributed by atoms with van der Waals surface area (Å²) >= 11 is 0. The number of morpholine rings is 1. The number of nitrogens with one attached hydrogen (secondary N) is 1. The molecule has 0 aliphatic carbocycles. The average molecular weight is 368 g/mol. The van der Waals surface area contributed by atoms with E-state index < -0.39 is 0 Å². The molecule has 1 heterocycles. The average Bonchev–Trinajstić information content (AvgIpc) is 2.67. The van der Waals surface area contributed by atoms with Gasteiger partial charge in [-0.05, 0) is 41.3 Å². The van der Waals surface area contributed by atoms with Crippen molar-refractivity contribution < 1.29 is 14.3 Å². The van der Waals surface area contributed by atoms with Crippen molar-refractivity contribution in [1.82, 2.24) is 0 Å². The van der Waals surface area contributed by atoms with Crippen LogP contribution in [-0.2, 0) is 14.9 Å². The van der Waals surface area contributed by atoms with Crippen molar-refractivity contribution >= 4 is 17.3 Å². The monoisotopic (exact) mass is 368 g/mol. The van der Waals surface area contributed by atoms with Gasteiger partial charge in [-0.3, -0.25) is 4.79 Å². The fourth-order valence-corrected chi connectivity index (χ4v) is 3.13. The molecule has 0 saturated carbocycles. The summed E-state index contributed by atoms with van der Waals surface area (Å²) in [7, 11) is 0. The van der Waals surface area contributed by atoms with E-state index >= 15 is 0 Å². The molecule has 0 unspecified atom stereocenters. The van der Waals surface area contributed by atoms with Gasteiger partial charge in [0.25, 0.3) is 5.91 Å². The smallest absolute Gasteiger partial charge is 0.262 e. The van der Waals surface area contributed by atoms with Crippen LogP contribution in [0.5, 0.6) is 5.75 Å². The number of rotatable bonds is 5.